The summed E-state index contributed by atoms with van der Waals surface area (Å²) in [6.45, 7) is 8.28. The summed E-state index contributed by atoms with van der Waals surface area (Å²) in [5.74, 6) is 0. The minimum Gasteiger partial charge on any atom is -0.445 e. The highest BCUT2D eigenvalue weighted by atomic mass is 35.6. The zero-order valence-electron chi connectivity index (χ0n) is 31.1. The van der Waals surface area contributed by atoms with E-state index in [1.54, 1.807) is 0 Å². The highest BCUT2D eigenvalue weighted by molar-refractivity contribution is 6.67. The van der Waals surface area contributed by atoms with E-state index >= 15 is 0 Å². The van der Waals surface area contributed by atoms with Gasteiger partial charge in [0.15, 0.2) is 6.29 Å². The van der Waals surface area contributed by atoms with Gasteiger partial charge in [0.2, 0.25) is 3.79 Å². The zero-order valence-corrected chi connectivity index (χ0v) is 33.4. The second kappa shape index (κ2) is 31.0. The minimum atomic E-state index is -1.80. The van der Waals surface area contributed by atoms with Gasteiger partial charge in [0.05, 0.1) is 19.3 Å². The Morgan fingerprint density at radius 1 is 0.820 bits per heavy atom. The molecule has 1 aliphatic heterocycles. The van der Waals surface area contributed by atoms with Crippen LogP contribution in [0.5, 0.6) is 0 Å². The van der Waals surface area contributed by atoms with Gasteiger partial charge >= 0.3 is 6.09 Å². The third-order valence-corrected chi connectivity index (χ3v) is 9.44. The average molecular weight is 775 g/mol. The fourth-order valence-corrected chi connectivity index (χ4v) is 6.38. The predicted octanol–water partition coefficient (Wildman–Crippen LogP) is 9.73. The van der Waals surface area contributed by atoms with Crippen LogP contribution in [-0.2, 0) is 23.7 Å². The van der Waals surface area contributed by atoms with E-state index in [0.717, 1.165) is 19.3 Å². The number of rotatable bonds is 32. The molecule has 0 unspecified atom stereocenters. The summed E-state index contributed by atoms with van der Waals surface area (Å²) in [7, 11) is 0. The van der Waals surface area contributed by atoms with Gasteiger partial charge in [-0.1, -0.05) is 170 Å². The molecule has 12 heteroatoms. The molecule has 1 amide bonds. The van der Waals surface area contributed by atoms with Crippen molar-refractivity contribution < 1.29 is 38.7 Å². The van der Waals surface area contributed by atoms with Crippen LogP contribution >= 0.6 is 34.8 Å². The van der Waals surface area contributed by atoms with Crippen LogP contribution in [0.15, 0.2) is 12.7 Å². The summed E-state index contributed by atoms with van der Waals surface area (Å²) in [5, 5.41) is 23.7. The second-order valence-electron chi connectivity index (χ2n) is 13.6. The lowest BCUT2D eigenvalue weighted by atomic mass is 9.96. The summed E-state index contributed by atoms with van der Waals surface area (Å²) in [5.41, 5.74) is 0. The molecule has 296 valence electrons. The number of amides is 1. The van der Waals surface area contributed by atoms with E-state index < -0.39 is 53.7 Å². The summed E-state index contributed by atoms with van der Waals surface area (Å²) < 4.78 is 27.4. The largest absolute Gasteiger partial charge is 0.445 e. The lowest BCUT2D eigenvalue weighted by Gasteiger charge is -2.44. The van der Waals surface area contributed by atoms with Gasteiger partial charge in [-0.05, 0) is 19.3 Å². The number of carbonyl (C=O) groups excluding carboxylic acids is 1. The van der Waals surface area contributed by atoms with Gasteiger partial charge in [-0.3, -0.25) is 0 Å². The Hall–Kier alpha value is -0.360. The number of hydrogen-bond donors (Lipinski definition) is 3. The molecule has 1 aliphatic rings. The standard InChI is InChI=1S/C38H70Cl3NO8/c1-4-7-9-11-13-15-17-19-21-23-27-46-31(24-22-20-18-16-14-12-10-8-5-2)25-28-47-35-33(42-37(45)49-30-38(39,40)41)36(48-26-6-3)50-32(29-43)34(35)44/h6,31-36,43-44H,3-5,7-30H2,1-2H3,(H,42,45)/t31-,32+,33-,34+,35+,36-/m0/s1. The Kier molecular flexibility index (Phi) is 29.6. The smallest absolute Gasteiger partial charge is 0.407 e. The highest BCUT2D eigenvalue weighted by Gasteiger charge is 2.47. The lowest BCUT2D eigenvalue weighted by molar-refractivity contribution is -0.274. The van der Waals surface area contributed by atoms with Crippen molar-refractivity contribution in [1.29, 1.82) is 0 Å². The molecule has 0 radical (unpaired) electrons. The first kappa shape index (κ1) is 47.7. The van der Waals surface area contributed by atoms with E-state index in [1.807, 2.05) is 0 Å². The van der Waals surface area contributed by atoms with Crippen LogP contribution in [0.4, 0.5) is 4.79 Å². The molecule has 50 heavy (non-hydrogen) atoms. The third-order valence-electron chi connectivity index (χ3n) is 9.11. The van der Waals surface area contributed by atoms with Gasteiger partial charge in [-0.2, -0.15) is 0 Å². The highest BCUT2D eigenvalue weighted by Crippen LogP contribution is 2.28. The van der Waals surface area contributed by atoms with Gasteiger partial charge in [0.25, 0.3) is 0 Å². The molecule has 0 aromatic heterocycles. The first-order valence-corrected chi connectivity index (χ1v) is 20.7. The van der Waals surface area contributed by atoms with E-state index in [2.05, 4.69) is 25.7 Å². The van der Waals surface area contributed by atoms with Crippen molar-refractivity contribution in [2.45, 2.75) is 189 Å². The Morgan fingerprint density at radius 2 is 1.36 bits per heavy atom. The number of carbonyl (C=O) groups is 1. The fraction of sp³-hybridized carbons (Fsp3) is 0.921. The molecule has 1 fully saturated rings. The number of aliphatic hydroxyl groups is 2. The number of hydrogen-bond acceptors (Lipinski definition) is 8. The quantitative estimate of drug-likeness (QED) is 0.0352. The number of unbranched alkanes of at least 4 members (excludes halogenated alkanes) is 17. The van der Waals surface area contributed by atoms with Crippen LogP contribution in [-0.4, -0.2) is 89.9 Å². The van der Waals surface area contributed by atoms with Gasteiger partial charge in [0.1, 0.15) is 31.0 Å². The van der Waals surface area contributed by atoms with E-state index in [9.17, 15) is 15.0 Å². The molecule has 1 rings (SSSR count). The van der Waals surface area contributed by atoms with E-state index in [0.29, 0.717) is 13.0 Å². The van der Waals surface area contributed by atoms with Gasteiger partial charge in [-0.25, -0.2) is 4.79 Å². The monoisotopic (exact) mass is 773 g/mol. The number of ether oxygens (including phenoxy) is 5. The molecule has 0 aromatic carbocycles. The van der Waals surface area contributed by atoms with Gasteiger partial charge in [0, 0.05) is 13.2 Å². The fourth-order valence-electron chi connectivity index (χ4n) is 6.22. The lowest BCUT2D eigenvalue weighted by Crippen LogP contribution is -2.65. The minimum absolute atomic E-state index is 0.0113. The molecule has 0 aromatic rings. The molecule has 3 N–H and O–H groups in total. The molecule has 0 spiro atoms. The van der Waals surface area contributed by atoms with Crippen molar-refractivity contribution in [2.75, 3.05) is 33.0 Å². The third kappa shape index (κ3) is 24.1. The van der Waals surface area contributed by atoms with Crippen molar-refractivity contribution >= 4 is 40.9 Å². The van der Waals surface area contributed by atoms with Crippen LogP contribution in [0, 0.1) is 0 Å². The molecule has 0 bridgehead atoms. The molecule has 1 heterocycles. The molecule has 0 saturated carbocycles. The Bertz CT molecular complexity index is 821. The summed E-state index contributed by atoms with van der Waals surface area (Å²) in [6, 6.07) is -0.987. The first-order chi connectivity index (χ1) is 24.2. The number of alkyl carbamates (subject to hydrolysis) is 1. The van der Waals surface area contributed by atoms with Gasteiger partial charge in [-0.15, -0.1) is 6.58 Å². The van der Waals surface area contributed by atoms with Crippen molar-refractivity contribution in [3.8, 4) is 0 Å². The Balaban J connectivity index is 2.75. The molecular weight excluding hydrogens is 705 g/mol. The van der Waals surface area contributed by atoms with E-state index in [1.165, 1.54) is 115 Å². The normalized spacial score (nSPS) is 21.6. The number of nitrogens with one attached hydrogen (secondary N) is 1. The average Bonchev–Trinajstić information content (AvgIpc) is 3.09. The van der Waals surface area contributed by atoms with E-state index in [-0.39, 0.29) is 19.3 Å². The summed E-state index contributed by atoms with van der Waals surface area (Å²) >= 11 is 17.2. The van der Waals surface area contributed by atoms with Crippen LogP contribution < -0.4 is 5.32 Å². The van der Waals surface area contributed by atoms with Crippen molar-refractivity contribution in [1.82, 2.24) is 5.32 Å². The topological polar surface area (TPSA) is 116 Å². The Morgan fingerprint density at radius 3 is 1.88 bits per heavy atom. The van der Waals surface area contributed by atoms with Crippen LogP contribution in [0.3, 0.4) is 0 Å². The first-order valence-electron chi connectivity index (χ1n) is 19.6. The summed E-state index contributed by atoms with van der Waals surface area (Å²) in [4.78, 5) is 12.7. The van der Waals surface area contributed by atoms with Crippen molar-refractivity contribution in [3.05, 3.63) is 12.7 Å². The SMILES string of the molecule is C=CCO[C@H]1O[C@H](CO)[C@@H](O)[C@H](OCC[C@H](CCCCCCCCCCC)OCCCCCCCCCCCC)[C@@H]1NC(=O)OCC(Cl)(Cl)Cl. The maximum atomic E-state index is 12.7. The van der Waals surface area contributed by atoms with Crippen LogP contribution in [0.1, 0.15) is 149 Å². The number of alkyl halides is 3. The van der Waals surface area contributed by atoms with Crippen molar-refractivity contribution in [3.63, 3.8) is 0 Å². The maximum absolute atomic E-state index is 12.7. The summed E-state index contributed by atoms with van der Waals surface area (Å²) in [6.07, 6.45) is 21.9. The molecule has 0 aliphatic carbocycles. The molecule has 9 nitrogen and oxygen atoms in total. The van der Waals surface area contributed by atoms with Crippen molar-refractivity contribution in [2.24, 2.45) is 0 Å². The number of halogens is 3. The maximum Gasteiger partial charge on any atom is 0.407 e. The number of aliphatic hydroxyl groups excluding tert-OH is 2. The molecule has 1 saturated heterocycles. The predicted molar refractivity (Wildman–Crippen MR) is 204 cm³/mol. The van der Waals surface area contributed by atoms with Crippen LogP contribution in [0.2, 0.25) is 0 Å². The molecular formula is C38H70Cl3NO8. The van der Waals surface area contributed by atoms with E-state index in [4.69, 9.17) is 58.5 Å². The zero-order chi connectivity index (χ0) is 36.9. The molecule has 6 atom stereocenters. The second-order valence-corrected chi connectivity index (χ2v) is 16.1. The Labute approximate surface area is 318 Å². The van der Waals surface area contributed by atoms with Crippen LogP contribution in [0.25, 0.3) is 0 Å². The van der Waals surface area contributed by atoms with Gasteiger partial charge < -0.3 is 39.2 Å².